The van der Waals surface area contributed by atoms with Crippen molar-refractivity contribution in [3.8, 4) is 0 Å². The van der Waals surface area contributed by atoms with Crippen LogP contribution >= 0.6 is 11.6 Å². The summed E-state index contributed by atoms with van der Waals surface area (Å²) in [5.41, 5.74) is 1.85. The first-order chi connectivity index (χ1) is 14.6. The molecule has 1 atom stereocenters. The SMILES string of the molecule is Cc1cc(C)nc(NS(=O)(=O)c2ccc(NC(=O)NC(=O)C3=CC=CCC3Cl)cc2)n1. The van der Waals surface area contributed by atoms with Crippen LogP contribution in [-0.4, -0.2) is 35.7 Å². The summed E-state index contributed by atoms with van der Waals surface area (Å²) in [4.78, 5) is 32.3. The van der Waals surface area contributed by atoms with Gasteiger partial charge in [-0.25, -0.2) is 27.9 Å². The summed E-state index contributed by atoms with van der Waals surface area (Å²) in [6.07, 6.45) is 5.57. The molecule has 9 nitrogen and oxygen atoms in total. The van der Waals surface area contributed by atoms with Gasteiger partial charge in [-0.2, -0.15) is 0 Å². The molecule has 3 amide bonds. The topological polar surface area (TPSA) is 130 Å². The number of rotatable bonds is 5. The summed E-state index contributed by atoms with van der Waals surface area (Å²) < 4.78 is 27.4. The van der Waals surface area contributed by atoms with Crippen LogP contribution in [0.25, 0.3) is 0 Å². The van der Waals surface area contributed by atoms with Crippen molar-refractivity contribution in [1.29, 1.82) is 0 Å². The number of imide groups is 1. The minimum Gasteiger partial charge on any atom is -0.308 e. The average molecular weight is 462 g/mol. The van der Waals surface area contributed by atoms with E-state index < -0.39 is 27.3 Å². The monoisotopic (exact) mass is 461 g/mol. The van der Waals surface area contributed by atoms with Crippen molar-refractivity contribution in [2.24, 2.45) is 0 Å². The number of hydrogen-bond acceptors (Lipinski definition) is 6. The molecular formula is C20H20ClN5O4S. The molecule has 0 saturated heterocycles. The molecule has 3 rings (SSSR count). The lowest BCUT2D eigenvalue weighted by Crippen LogP contribution is -2.37. The maximum atomic E-state index is 12.5. The van der Waals surface area contributed by atoms with Gasteiger partial charge in [0, 0.05) is 22.6 Å². The molecular weight excluding hydrogens is 442 g/mol. The molecule has 0 saturated carbocycles. The standard InChI is InChI=1S/C20H20ClN5O4S/c1-12-11-13(2)23-19(22-12)26-31(29,30)15-9-7-14(8-10-15)24-20(28)25-18(27)16-5-3-4-6-17(16)21/h3-5,7-11,17H,6H2,1-2H3,(H,22,23,26)(H2,24,25,27,28). The number of nitrogens with zero attached hydrogens (tertiary/aromatic N) is 2. The largest absolute Gasteiger partial charge is 0.326 e. The summed E-state index contributed by atoms with van der Waals surface area (Å²) in [5.74, 6) is -0.624. The first-order valence-electron chi connectivity index (χ1n) is 9.22. The summed E-state index contributed by atoms with van der Waals surface area (Å²) in [6, 6.07) is 6.38. The van der Waals surface area contributed by atoms with E-state index in [1.165, 1.54) is 24.3 Å². The number of aromatic nitrogens is 2. The Morgan fingerprint density at radius 1 is 1.10 bits per heavy atom. The van der Waals surface area contributed by atoms with Crippen molar-refractivity contribution in [2.75, 3.05) is 10.0 Å². The highest BCUT2D eigenvalue weighted by Crippen LogP contribution is 2.20. The third-order valence-corrected chi connectivity index (χ3v) is 5.97. The Balaban J connectivity index is 1.64. The molecule has 1 heterocycles. The van der Waals surface area contributed by atoms with E-state index in [1.54, 1.807) is 32.1 Å². The minimum absolute atomic E-state index is 0.0259. The molecule has 11 heteroatoms. The van der Waals surface area contributed by atoms with E-state index in [2.05, 4.69) is 25.3 Å². The molecule has 2 aromatic rings. The van der Waals surface area contributed by atoms with Crippen LogP contribution in [0.3, 0.4) is 0 Å². The predicted molar refractivity (Wildman–Crippen MR) is 117 cm³/mol. The van der Waals surface area contributed by atoms with E-state index >= 15 is 0 Å². The van der Waals surface area contributed by atoms with Crippen LogP contribution in [0.2, 0.25) is 0 Å². The number of benzene rings is 1. The van der Waals surface area contributed by atoms with Gasteiger partial charge in [-0.1, -0.05) is 18.2 Å². The zero-order valence-electron chi connectivity index (χ0n) is 16.7. The van der Waals surface area contributed by atoms with E-state index in [9.17, 15) is 18.0 Å². The highest BCUT2D eigenvalue weighted by molar-refractivity contribution is 7.92. The Bertz CT molecular complexity index is 1160. The van der Waals surface area contributed by atoms with E-state index in [1.807, 2.05) is 6.08 Å². The zero-order valence-corrected chi connectivity index (χ0v) is 18.3. The van der Waals surface area contributed by atoms with Crippen molar-refractivity contribution in [2.45, 2.75) is 30.5 Å². The number of allylic oxidation sites excluding steroid dienone is 3. The molecule has 31 heavy (non-hydrogen) atoms. The molecule has 162 valence electrons. The molecule has 0 fully saturated rings. The summed E-state index contributed by atoms with van der Waals surface area (Å²) >= 11 is 6.07. The first-order valence-corrected chi connectivity index (χ1v) is 11.1. The lowest BCUT2D eigenvalue weighted by molar-refractivity contribution is -0.116. The fraction of sp³-hybridized carbons (Fsp3) is 0.200. The summed E-state index contributed by atoms with van der Waals surface area (Å²) in [5, 5.41) is 4.16. The van der Waals surface area contributed by atoms with E-state index in [-0.39, 0.29) is 10.8 Å². The Labute approximate surface area is 184 Å². The molecule has 1 aliphatic rings. The van der Waals surface area contributed by atoms with Gasteiger partial charge in [0.15, 0.2) is 0 Å². The van der Waals surface area contributed by atoms with Crippen LogP contribution in [0.15, 0.2) is 59.0 Å². The number of hydrogen-bond donors (Lipinski definition) is 3. The van der Waals surface area contributed by atoms with Crippen molar-refractivity contribution in [1.82, 2.24) is 15.3 Å². The van der Waals surface area contributed by atoms with Gasteiger partial charge < -0.3 is 5.32 Å². The Hall–Kier alpha value is -3.24. The van der Waals surface area contributed by atoms with Crippen LogP contribution in [0, 0.1) is 13.8 Å². The lowest BCUT2D eigenvalue weighted by Gasteiger charge is -2.14. The number of urea groups is 1. The normalized spacial score (nSPS) is 15.7. The number of amides is 3. The maximum absolute atomic E-state index is 12.5. The quantitative estimate of drug-likeness (QED) is 0.586. The third kappa shape index (κ3) is 5.89. The zero-order chi connectivity index (χ0) is 22.6. The summed E-state index contributed by atoms with van der Waals surface area (Å²) in [7, 11) is -3.92. The smallest absolute Gasteiger partial charge is 0.308 e. The fourth-order valence-corrected chi connectivity index (χ4v) is 4.04. The number of sulfonamides is 1. The number of alkyl halides is 1. The van der Waals surface area contributed by atoms with E-state index in [0.717, 1.165) is 0 Å². The molecule has 1 aliphatic carbocycles. The van der Waals surface area contributed by atoms with Gasteiger partial charge in [0.2, 0.25) is 5.95 Å². The molecule has 1 aromatic heterocycles. The Kier molecular flexibility index (Phi) is 6.71. The van der Waals surface area contributed by atoms with Gasteiger partial charge in [-0.3, -0.25) is 10.1 Å². The number of nitrogens with one attached hydrogen (secondary N) is 3. The number of aryl methyl sites for hydroxylation is 2. The lowest BCUT2D eigenvalue weighted by atomic mass is 10.0. The molecule has 3 N–H and O–H groups in total. The van der Waals surface area contributed by atoms with Crippen molar-refractivity contribution in [3.05, 3.63) is 65.5 Å². The third-order valence-electron chi connectivity index (χ3n) is 4.21. The van der Waals surface area contributed by atoms with Crippen LogP contribution in [0.1, 0.15) is 17.8 Å². The molecule has 1 unspecified atom stereocenters. The van der Waals surface area contributed by atoms with Crippen LogP contribution < -0.4 is 15.4 Å². The Morgan fingerprint density at radius 2 is 1.74 bits per heavy atom. The van der Waals surface area contributed by atoms with Gasteiger partial charge in [0.05, 0.1) is 10.3 Å². The fourth-order valence-electron chi connectivity index (χ4n) is 2.82. The van der Waals surface area contributed by atoms with Crippen LogP contribution in [0.4, 0.5) is 16.4 Å². The van der Waals surface area contributed by atoms with Crippen LogP contribution in [-0.2, 0) is 14.8 Å². The molecule has 0 bridgehead atoms. The molecule has 0 spiro atoms. The second kappa shape index (κ2) is 9.27. The highest BCUT2D eigenvalue weighted by Gasteiger charge is 2.21. The van der Waals surface area contributed by atoms with Crippen molar-refractivity contribution in [3.63, 3.8) is 0 Å². The number of carbonyl (C=O) groups is 2. The van der Waals surface area contributed by atoms with E-state index in [4.69, 9.17) is 11.6 Å². The highest BCUT2D eigenvalue weighted by atomic mass is 35.5. The Morgan fingerprint density at radius 3 is 2.35 bits per heavy atom. The molecule has 1 aromatic carbocycles. The predicted octanol–water partition coefficient (Wildman–Crippen LogP) is 3.04. The van der Waals surface area contributed by atoms with Gasteiger partial charge in [-0.15, -0.1) is 11.6 Å². The van der Waals surface area contributed by atoms with Gasteiger partial charge in [0.1, 0.15) is 0 Å². The summed E-state index contributed by atoms with van der Waals surface area (Å²) in [6.45, 7) is 3.47. The molecule has 0 radical (unpaired) electrons. The first kappa shape index (κ1) is 22.4. The van der Waals surface area contributed by atoms with Gasteiger partial charge >= 0.3 is 6.03 Å². The number of carbonyl (C=O) groups excluding carboxylic acids is 2. The second-order valence-electron chi connectivity index (χ2n) is 6.77. The van der Waals surface area contributed by atoms with Crippen molar-refractivity contribution < 1.29 is 18.0 Å². The second-order valence-corrected chi connectivity index (χ2v) is 8.98. The minimum atomic E-state index is -3.92. The van der Waals surface area contributed by atoms with Gasteiger partial charge in [0.25, 0.3) is 15.9 Å². The average Bonchev–Trinajstić information content (AvgIpc) is 2.67. The number of halogens is 1. The van der Waals surface area contributed by atoms with Gasteiger partial charge in [-0.05, 0) is 50.6 Å². The molecule has 0 aliphatic heterocycles. The number of anilines is 2. The van der Waals surface area contributed by atoms with Crippen LogP contribution in [0.5, 0.6) is 0 Å². The van der Waals surface area contributed by atoms with E-state index in [0.29, 0.717) is 29.1 Å². The maximum Gasteiger partial charge on any atom is 0.326 e. The van der Waals surface area contributed by atoms with Crippen molar-refractivity contribution >= 4 is 45.2 Å².